The molecule has 0 saturated carbocycles. The fourth-order valence-electron chi connectivity index (χ4n) is 6.81. The van der Waals surface area contributed by atoms with Gasteiger partial charge in [0.25, 0.3) is 10.9 Å². The van der Waals surface area contributed by atoms with E-state index in [0.717, 1.165) is 75.5 Å². The highest BCUT2D eigenvalue weighted by molar-refractivity contribution is 5.86. The summed E-state index contributed by atoms with van der Waals surface area (Å²) in [7, 11) is 0. The van der Waals surface area contributed by atoms with Gasteiger partial charge in [-0.3, -0.25) is 9.59 Å². The molecule has 288 valence electrons. The van der Waals surface area contributed by atoms with E-state index in [1.165, 1.54) is 14.9 Å². The van der Waals surface area contributed by atoms with Crippen molar-refractivity contribution in [1.29, 1.82) is 0 Å². The first-order chi connectivity index (χ1) is 26.5. The van der Waals surface area contributed by atoms with E-state index in [9.17, 15) is 34.5 Å². The summed E-state index contributed by atoms with van der Waals surface area (Å²) in [6.07, 6.45) is 7.48. The molecule has 14 heteroatoms. The molecule has 0 aliphatic carbocycles. The molecule has 5 aromatic rings. The first-order valence-corrected chi connectivity index (χ1v) is 18.4. The largest absolute Gasteiger partial charge is 0.503 e. The lowest BCUT2D eigenvalue weighted by atomic mass is 9.98. The number of hydrogen-bond donors (Lipinski definition) is 4. The van der Waals surface area contributed by atoms with E-state index < -0.39 is 45.7 Å². The van der Waals surface area contributed by atoms with Crippen LogP contribution in [0.5, 0.6) is 11.5 Å². The molecule has 0 radical (unpaired) electrons. The van der Waals surface area contributed by atoms with Crippen LogP contribution in [-0.4, -0.2) is 77.6 Å². The molecule has 2 saturated heterocycles. The van der Waals surface area contributed by atoms with Crippen molar-refractivity contribution >= 4 is 23.3 Å². The minimum atomic E-state index is -1.47. The predicted molar refractivity (Wildman–Crippen MR) is 209 cm³/mol. The Morgan fingerprint density at radius 1 is 0.655 bits per heavy atom. The molecule has 7 rings (SSSR count). The van der Waals surface area contributed by atoms with Gasteiger partial charge < -0.3 is 30.2 Å². The van der Waals surface area contributed by atoms with Gasteiger partial charge in [-0.05, 0) is 67.9 Å². The summed E-state index contributed by atoms with van der Waals surface area (Å²) in [5.74, 6) is -3.53. The van der Waals surface area contributed by atoms with E-state index in [1.54, 1.807) is 12.1 Å². The number of aromatic carboxylic acids is 2. The summed E-state index contributed by atoms with van der Waals surface area (Å²) in [5.41, 5.74) is 0.912. The van der Waals surface area contributed by atoms with Gasteiger partial charge in [-0.1, -0.05) is 75.4 Å². The molecular weight excluding hydrogens is 704 g/mol. The number of hydrogen-bond acceptors (Lipinski definition) is 10. The van der Waals surface area contributed by atoms with Crippen LogP contribution in [0.4, 0.5) is 11.4 Å². The van der Waals surface area contributed by atoms with Crippen LogP contribution >= 0.6 is 0 Å². The topological polar surface area (TPSA) is 191 Å². The molecule has 0 bridgehead atoms. The molecule has 2 fully saturated rings. The van der Waals surface area contributed by atoms with Crippen molar-refractivity contribution < 1.29 is 30.0 Å². The van der Waals surface area contributed by atoms with Crippen molar-refractivity contribution in [3.05, 3.63) is 129 Å². The maximum atomic E-state index is 11.9. The van der Waals surface area contributed by atoms with Gasteiger partial charge in [0, 0.05) is 25.7 Å². The second-order valence-electron chi connectivity index (χ2n) is 13.2. The van der Waals surface area contributed by atoms with Gasteiger partial charge in [-0.25, -0.2) is 19.0 Å². The van der Waals surface area contributed by atoms with Gasteiger partial charge >= 0.3 is 11.9 Å². The number of nitrogens with zero attached hydrogens (tertiary/aromatic N) is 6. The second kappa shape index (κ2) is 18.1. The highest BCUT2D eigenvalue weighted by atomic mass is 16.4. The lowest BCUT2D eigenvalue weighted by Gasteiger charge is -2.33. The third-order valence-corrected chi connectivity index (χ3v) is 9.59. The zero-order valence-electron chi connectivity index (χ0n) is 31.1. The Balaban J connectivity index is 0.000000205. The monoisotopic (exact) mass is 750 g/mol. The number of carboxylic acid groups (broad SMARTS) is 2. The van der Waals surface area contributed by atoms with E-state index in [2.05, 4.69) is 39.1 Å². The lowest BCUT2D eigenvalue weighted by molar-refractivity contribution is 0.0675. The average Bonchev–Trinajstić information content (AvgIpc) is 3.66. The van der Waals surface area contributed by atoms with Crippen LogP contribution in [0.2, 0.25) is 0 Å². The van der Waals surface area contributed by atoms with Crippen molar-refractivity contribution in [2.24, 2.45) is 5.92 Å². The van der Waals surface area contributed by atoms with E-state index in [-0.39, 0.29) is 0 Å². The van der Waals surface area contributed by atoms with Crippen molar-refractivity contribution in [3.63, 3.8) is 0 Å². The third-order valence-electron chi connectivity index (χ3n) is 9.59. The molecule has 2 aliphatic heterocycles. The predicted octanol–water partition coefficient (Wildman–Crippen LogP) is 5.75. The van der Waals surface area contributed by atoms with Crippen molar-refractivity contribution in [1.82, 2.24) is 19.6 Å². The van der Waals surface area contributed by atoms with Gasteiger partial charge in [0.2, 0.25) is 11.4 Å². The van der Waals surface area contributed by atoms with Crippen LogP contribution in [0.3, 0.4) is 0 Å². The molecule has 4 N–H and O–H groups in total. The molecule has 1 unspecified atom stereocenters. The Labute approximate surface area is 318 Å². The lowest BCUT2D eigenvalue weighted by Crippen LogP contribution is -2.33. The Kier molecular flexibility index (Phi) is 13.1. The first kappa shape index (κ1) is 39.8. The van der Waals surface area contributed by atoms with Gasteiger partial charge in [0.05, 0.1) is 35.1 Å². The summed E-state index contributed by atoms with van der Waals surface area (Å²) >= 11 is 0. The minimum absolute atomic E-state index is 0.297. The van der Waals surface area contributed by atoms with Crippen LogP contribution in [0.1, 0.15) is 73.0 Å². The molecule has 1 atom stereocenters. The molecule has 14 nitrogen and oxygen atoms in total. The average molecular weight is 751 g/mol. The molecule has 55 heavy (non-hydrogen) atoms. The SMILES string of the molecule is CC.CC1CCN(c2ccccc2-n2cc(O)c(=O)c(C(=O)O)n2)CC1.O=C(O)c1nn(-c2ccccc2N2CCCC2Cc2ccccc2)cc(O)c1=O. The van der Waals surface area contributed by atoms with Crippen molar-refractivity contribution in [2.75, 3.05) is 29.4 Å². The Bertz CT molecular complexity index is 2230. The zero-order valence-corrected chi connectivity index (χ0v) is 31.1. The third kappa shape index (κ3) is 9.21. The minimum Gasteiger partial charge on any atom is -0.503 e. The standard InChI is InChI=1S/C22H21N3O4.C17H19N3O4.C2H6/c26-19-14-25(23-20(21(19)27)22(28)29)18-11-5-4-10-17(18)24-12-6-9-16(24)13-15-7-2-1-3-8-15;1-11-6-8-19(9-7-11)12-4-2-3-5-13(12)20-10-14(21)16(22)15(18-20)17(23)24;1-2/h1-5,7-8,10-11,14,16,26H,6,9,12-13H2,(H,28,29);2-5,10-11,21H,6-9H2,1H3,(H,23,24);1-2H3. The molecule has 4 heterocycles. The number of anilines is 2. The van der Waals surface area contributed by atoms with Crippen LogP contribution in [0.15, 0.2) is 101 Å². The molecule has 0 spiro atoms. The smallest absolute Gasteiger partial charge is 0.360 e. The summed E-state index contributed by atoms with van der Waals surface area (Å²) in [6.45, 7) is 8.89. The van der Waals surface area contributed by atoms with E-state index in [1.807, 2.05) is 68.4 Å². The van der Waals surface area contributed by atoms with Crippen LogP contribution in [-0.2, 0) is 6.42 Å². The summed E-state index contributed by atoms with van der Waals surface area (Å²) in [4.78, 5) is 50.6. The zero-order chi connectivity index (χ0) is 39.6. The van der Waals surface area contributed by atoms with Gasteiger partial charge in [0.15, 0.2) is 11.5 Å². The number of rotatable bonds is 8. The summed E-state index contributed by atoms with van der Waals surface area (Å²) in [5, 5.41) is 45.9. The molecule has 0 amide bonds. The van der Waals surface area contributed by atoms with Gasteiger partial charge in [0.1, 0.15) is 0 Å². The van der Waals surface area contributed by atoms with Crippen LogP contribution in [0.25, 0.3) is 11.4 Å². The van der Waals surface area contributed by atoms with Crippen LogP contribution in [0, 0.1) is 5.92 Å². The highest BCUT2D eigenvalue weighted by Crippen LogP contribution is 2.33. The summed E-state index contributed by atoms with van der Waals surface area (Å²) in [6, 6.07) is 25.5. The van der Waals surface area contributed by atoms with Crippen molar-refractivity contribution in [3.8, 4) is 22.9 Å². The maximum absolute atomic E-state index is 11.9. The number of piperidine rings is 1. The van der Waals surface area contributed by atoms with E-state index in [4.69, 9.17) is 5.11 Å². The fraction of sp³-hybridized carbons (Fsp3) is 0.317. The van der Waals surface area contributed by atoms with E-state index in [0.29, 0.717) is 23.3 Å². The number of carboxylic acids is 2. The Morgan fingerprint density at radius 2 is 1.11 bits per heavy atom. The maximum Gasteiger partial charge on any atom is 0.360 e. The van der Waals surface area contributed by atoms with E-state index >= 15 is 0 Å². The Hall–Kier alpha value is -6.44. The molecule has 3 aromatic carbocycles. The quantitative estimate of drug-likeness (QED) is 0.151. The normalized spacial score (nSPS) is 15.4. The Morgan fingerprint density at radius 3 is 1.62 bits per heavy atom. The number of para-hydroxylation sites is 4. The number of aromatic hydroxyl groups is 2. The number of carbonyl (C=O) groups is 2. The van der Waals surface area contributed by atoms with Gasteiger partial charge in [-0.15, -0.1) is 0 Å². The second-order valence-corrected chi connectivity index (χ2v) is 13.2. The number of aromatic nitrogens is 4. The van der Waals surface area contributed by atoms with Crippen LogP contribution < -0.4 is 20.7 Å². The highest BCUT2D eigenvalue weighted by Gasteiger charge is 2.28. The molecule has 2 aromatic heterocycles. The first-order valence-electron chi connectivity index (χ1n) is 18.4. The van der Waals surface area contributed by atoms with Crippen molar-refractivity contribution in [2.45, 2.75) is 58.9 Å². The summed E-state index contributed by atoms with van der Waals surface area (Å²) < 4.78 is 2.53. The fourth-order valence-corrected chi connectivity index (χ4v) is 6.81. The van der Waals surface area contributed by atoms with Gasteiger partial charge in [-0.2, -0.15) is 10.2 Å². The number of benzene rings is 3. The molecular formula is C41H46N6O8. The molecule has 2 aliphatic rings.